The van der Waals surface area contributed by atoms with Gasteiger partial charge in [0.2, 0.25) is 17.1 Å². The number of piperazine rings is 1. The van der Waals surface area contributed by atoms with Crippen molar-refractivity contribution in [2.75, 3.05) is 58.4 Å². The topological polar surface area (TPSA) is 196 Å². The van der Waals surface area contributed by atoms with E-state index >= 15 is 0 Å². The van der Waals surface area contributed by atoms with E-state index in [4.69, 9.17) is 15.3 Å². The lowest BCUT2D eigenvalue weighted by atomic mass is 10.0. The Hall–Kier alpha value is -3.68. The molecule has 4 atom stereocenters. The van der Waals surface area contributed by atoms with Gasteiger partial charge in [-0.15, -0.1) is 16.9 Å². The van der Waals surface area contributed by atoms with E-state index in [1.165, 1.54) is 33.8 Å². The number of oxime groups is 1. The van der Waals surface area contributed by atoms with E-state index in [1.807, 2.05) is 0 Å². The van der Waals surface area contributed by atoms with Crippen molar-refractivity contribution in [2.24, 2.45) is 12.2 Å². The van der Waals surface area contributed by atoms with Crippen LogP contribution in [0.4, 0.5) is 5.13 Å². The van der Waals surface area contributed by atoms with Gasteiger partial charge in [0.15, 0.2) is 11.0 Å². The summed E-state index contributed by atoms with van der Waals surface area (Å²) in [6, 6.07) is -0.320. The van der Waals surface area contributed by atoms with Crippen molar-refractivity contribution in [1.29, 1.82) is 0 Å². The SMILES string of the molecule is COC(=O)C(C)(C)O/N=C(\C(=O)NC1C(=O)N2C(c3nnnn3C)=C(C[N+]34CCCC3CN(C)CC4)CSC12)c1nsc(N)n1. The molecule has 0 radical (unpaired) electrons. The zero-order valence-electron chi connectivity index (χ0n) is 25.8. The number of methoxy groups -OCH3 is 1. The number of fused-ring (bicyclic) bond motifs is 2. The Morgan fingerprint density at radius 2 is 2.07 bits per heavy atom. The number of nitrogens with two attached hydrogens (primary N) is 1. The third kappa shape index (κ3) is 5.66. The molecule has 2 aromatic heterocycles. The molecule has 0 aliphatic carbocycles. The molecular weight excluding hydrogens is 624 g/mol. The molecule has 6 heterocycles. The van der Waals surface area contributed by atoms with Gasteiger partial charge in [0.05, 0.1) is 32.4 Å². The van der Waals surface area contributed by atoms with E-state index in [0.29, 0.717) is 23.3 Å². The Labute approximate surface area is 267 Å². The highest BCUT2D eigenvalue weighted by Crippen LogP contribution is 2.45. The van der Waals surface area contributed by atoms with Crippen LogP contribution in [0.1, 0.15) is 38.3 Å². The summed E-state index contributed by atoms with van der Waals surface area (Å²) in [4.78, 5) is 53.1. The molecule has 0 aromatic carbocycles. The number of quaternary nitrogens is 1. The number of hydrogen-bond acceptors (Lipinski definition) is 15. The van der Waals surface area contributed by atoms with Crippen molar-refractivity contribution >= 4 is 57.6 Å². The van der Waals surface area contributed by atoms with Gasteiger partial charge in [0, 0.05) is 49.3 Å². The minimum absolute atomic E-state index is 0.0927. The maximum Gasteiger partial charge on any atom is 0.352 e. The normalized spacial score (nSPS) is 27.1. The van der Waals surface area contributed by atoms with Crippen LogP contribution in [0.15, 0.2) is 10.7 Å². The number of ether oxygens (including phenoxy) is 1. The highest BCUT2D eigenvalue weighted by molar-refractivity contribution is 8.00. The molecule has 3 fully saturated rings. The summed E-state index contributed by atoms with van der Waals surface area (Å²) in [5.41, 5.74) is 5.77. The second-order valence-corrected chi connectivity index (χ2v) is 14.2. The summed E-state index contributed by atoms with van der Waals surface area (Å²) >= 11 is 2.46. The van der Waals surface area contributed by atoms with E-state index in [1.54, 1.807) is 28.4 Å². The van der Waals surface area contributed by atoms with Crippen LogP contribution in [0, 0.1) is 0 Å². The number of β-lactam (4-membered cyclic amide) rings is 1. The maximum absolute atomic E-state index is 13.9. The number of likely N-dealkylation sites (N-methyl/N-ethyl adjacent to an activating group) is 1. The molecule has 6 rings (SSSR count). The van der Waals surface area contributed by atoms with Gasteiger partial charge in [-0.3, -0.25) is 19.4 Å². The van der Waals surface area contributed by atoms with Crippen molar-refractivity contribution in [3.05, 3.63) is 17.2 Å². The molecule has 4 unspecified atom stereocenters. The fourth-order valence-corrected chi connectivity index (χ4v) is 8.33. The zero-order valence-corrected chi connectivity index (χ0v) is 27.4. The quantitative estimate of drug-likeness (QED) is 0.110. The van der Waals surface area contributed by atoms with Crippen molar-refractivity contribution in [1.82, 2.24) is 44.7 Å². The molecule has 2 amide bonds. The molecule has 242 valence electrons. The minimum Gasteiger partial charge on any atom is -0.466 e. The zero-order chi connectivity index (χ0) is 32.1. The van der Waals surface area contributed by atoms with Crippen LogP contribution >= 0.6 is 23.3 Å². The fraction of sp³-hybridized carbons (Fsp3) is 0.654. The summed E-state index contributed by atoms with van der Waals surface area (Å²) in [5, 5.41) is 18.6. The number of nitrogens with zero attached hydrogens (tertiary/aromatic N) is 10. The number of thioether (sulfide) groups is 1. The molecule has 2 aromatic rings. The summed E-state index contributed by atoms with van der Waals surface area (Å²) in [6.45, 7) is 7.96. The monoisotopic (exact) mass is 661 g/mol. The number of anilines is 1. The molecule has 19 heteroatoms. The Morgan fingerprint density at radius 1 is 1.27 bits per heavy atom. The molecule has 3 N–H and O–H groups in total. The Balaban J connectivity index is 1.26. The lowest BCUT2D eigenvalue weighted by molar-refractivity contribution is -0.939. The van der Waals surface area contributed by atoms with Crippen LogP contribution in [0.2, 0.25) is 0 Å². The number of carbonyl (C=O) groups is 3. The van der Waals surface area contributed by atoms with Crippen LogP contribution < -0.4 is 11.1 Å². The molecule has 45 heavy (non-hydrogen) atoms. The molecule has 4 aliphatic rings. The van der Waals surface area contributed by atoms with Crippen LogP contribution in [0.5, 0.6) is 0 Å². The van der Waals surface area contributed by atoms with E-state index < -0.39 is 28.9 Å². The van der Waals surface area contributed by atoms with Crippen LogP contribution in [0.3, 0.4) is 0 Å². The first kappa shape index (κ1) is 31.3. The number of aryl methyl sites for hydroxylation is 1. The molecule has 0 bridgehead atoms. The molecule has 17 nitrogen and oxygen atoms in total. The maximum atomic E-state index is 13.9. The first-order chi connectivity index (χ1) is 21.4. The highest BCUT2D eigenvalue weighted by atomic mass is 32.2. The predicted octanol–water partition coefficient (Wildman–Crippen LogP) is -0.948. The van der Waals surface area contributed by atoms with Crippen LogP contribution in [0.25, 0.3) is 5.70 Å². The summed E-state index contributed by atoms with van der Waals surface area (Å²) in [7, 11) is 5.15. The van der Waals surface area contributed by atoms with Gasteiger partial charge < -0.3 is 25.1 Å². The number of rotatable bonds is 9. The van der Waals surface area contributed by atoms with Gasteiger partial charge in [-0.1, -0.05) is 5.16 Å². The second-order valence-electron chi connectivity index (χ2n) is 12.3. The molecule has 0 spiro atoms. The number of aromatic nitrogens is 6. The molecular formula is C26H37N12O5S2+. The largest absolute Gasteiger partial charge is 0.466 e. The number of nitrogens with one attached hydrogen (secondary N) is 1. The number of nitrogen functional groups attached to an aromatic ring is 1. The molecule has 3 saturated heterocycles. The average molecular weight is 662 g/mol. The third-order valence-electron chi connectivity index (χ3n) is 8.95. The first-order valence-corrected chi connectivity index (χ1v) is 16.4. The predicted molar refractivity (Wildman–Crippen MR) is 164 cm³/mol. The van der Waals surface area contributed by atoms with Gasteiger partial charge in [-0.25, -0.2) is 9.48 Å². The smallest absolute Gasteiger partial charge is 0.352 e. The number of carbonyl (C=O) groups excluding carboxylic acids is 3. The van der Waals surface area contributed by atoms with Crippen molar-refractivity contribution in [3.63, 3.8) is 0 Å². The van der Waals surface area contributed by atoms with Crippen LogP contribution in [-0.2, 0) is 31.0 Å². The van der Waals surface area contributed by atoms with E-state index in [-0.39, 0.29) is 22.6 Å². The minimum atomic E-state index is -1.51. The highest BCUT2D eigenvalue weighted by Gasteiger charge is 2.55. The first-order valence-electron chi connectivity index (χ1n) is 14.6. The number of amides is 2. The average Bonchev–Trinajstić information content (AvgIpc) is 3.75. The third-order valence-corrected chi connectivity index (χ3v) is 10.8. The van der Waals surface area contributed by atoms with Crippen molar-refractivity contribution in [3.8, 4) is 0 Å². The van der Waals surface area contributed by atoms with Gasteiger partial charge in [0.1, 0.15) is 24.0 Å². The van der Waals surface area contributed by atoms with Gasteiger partial charge >= 0.3 is 5.97 Å². The second kappa shape index (κ2) is 11.9. The summed E-state index contributed by atoms with van der Waals surface area (Å²) in [5.74, 6) is -0.666. The standard InChI is InChI=1S/C26H36N12O5S2/c1-26(2,24(41)42-5)43-31-16(19-29-25(27)45-32-19)21(39)28-17-22(40)37-18(20-30-33-34-36(20)4)14(13-44-23(17)37)12-38-9-6-7-15(38)11-35(3)8-10-38/h15,17,23H,6-13H2,1-5H3,(H2-,27,28,29,32,39)/p+1/b31-16-. The van der Waals surface area contributed by atoms with Crippen molar-refractivity contribution in [2.45, 2.75) is 49.7 Å². The molecule has 4 aliphatic heterocycles. The Morgan fingerprint density at radius 3 is 2.76 bits per heavy atom. The van der Waals surface area contributed by atoms with Crippen molar-refractivity contribution < 1.29 is 28.4 Å². The van der Waals surface area contributed by atoms with E-state index in [2.05, 4.69) is 47.3 Å². The Kier molecular flexibility index (Phi) is 8.29. The van der Waals surface area contributed by atoms with E-state index in [9.17, 15) is 14.4 Å². The van der Waals surface area contributed by atoms with E-state index in [0.717, 1.165) is 54.3 Å². The fourth-order valence-electron chi connectivity index (χ4n) is 6.56. The number of esters is 1. The van der Waals surface area contributed by atoms with Crippen LogP contribution in [-0.4, -0.2) is 143 Å². The Bertz CT molecular complexity index is 1570. The van der Waals surface area contributed by atoms with Gasteiger partial charge in [-0.2, -0.15) is 9.36 Å². The lowest BCUT2D eigenvalue weighted by Gasteiger charge is -2.52. The lowest BCUT2D eigenvalue weighted by Crippen LogP contribution is -2.70. The number of tetrazole rings is 1. The molecule has 0 saturated carbocycles. The van der Waals surface area contributed by atoms with Gasteiger partial charge in [-0.05, 0) is 31.3 Å². The summed E-state index contributed by atoms with van der Waals surface area (Å²) < 4.78 is 11.4. The van der Waals surface area contributed by atoms with Gasteiger partial charge in [0.25, 0.3) is 11.8 Å². The summed E-state index contributed by atoms with van der Waals surface area (Å²) in [6.07, 6.45) is 2.37. The number of hydrogen-bond donors (Lipinski definition) is 2.